The monoisotopic (exact) mass is 400 g/mol. The zero-order chi connectivity index (χ0) is 21.0. The maximum atomic E-state index is 13.6. The summed E-state index contributed by atoms with van der Waals surface area (Å²) in [6.45, 7) is 5.70. The fraction of sp³-hybridized carbons (Fsp3) is 0.455. The highest BCUT2D eigenvalue weighted by Crippen LogP contribution is 2.59. The fourth-order valence-corrected chi connectivity index (χ4v) is 5.05. The average molecular weight is 400 g/mol. The van der Waals surface area contributed by atoms with Crippen molar-refractivity contribution in [2.75, 3.05) is 28.1 Å². The highest BCUT2D eigenvalue weighted by Gasteiger charge is 2.73. The van der Waals surface area contributed by atoms with Crippen molar-refractivity contribution in [1.29, 1.82) is 0 Å². The first-order valence-corrected chi connectivity index (χ1v) is 9.41. The van der Waals surface area contributed by atoms with Crippen LogP contribution in [0.25, 0.3) is 0 Å². The number of methoxy groups -OCH3 is 3. The Morgan fingerprint density at radius 1 is 1.21 bits per heavy atom. The minimum atomic E-state index is -1.69. The van der Waals surface area contributed by atoms with Gasteiger partial charge in [-0.25, -0.2) is 0 Å². The van der Waals surface area contributed by atoms with Gasteiger partial charge in [0.15, 0.2) is 28.5 Å². The van der Waals surface area contributed by atoms with Crippen molar-refractivity contribution < 1.29 is 33.3 Å². The molecule has 1 aliphatic heterocycles. The first kappa shape index (κ1) is 19.7. The van der Waals surface area contributed by atoms with Crippen LogP contribution in [0.4, 0.5) is 0 Å². The van der Waals surface area contributed by atoms with Crippen LogP contribution in [0, 0.1) is 5.92 Å². The number of Topliss-reactive ketones (excluding diaryl/α,β-unsaturated/α-hetero) is 2. The molecule has 0 amide bonds. The Labute approximate surface area is 169 Å². The third kappa shape index (κ3) is 2.31. The summed E-state index contributed by atoms with van der Waals surface area (Å²) < 4.78 is 28.0. The molecule has 0 N–H and O–H groups in total. The van der Waals surface area contributed by atoms with Crippen molar-refractivity contribution in [3.8, 4) is 17.2 Å². The summed E-state index contributed by atoms with van der Waals surface area (Å²) in [7, 11) is 4.40. The molecular weight excluding hydrogens is 376 g/mol. The van der Waals surface area contributed by atoms with E-state index in [9.17, 15) is 9.59 Å². The van der Waals surface area contributed by atoms with Crippen molar-refractivity contribution >= 4 is 11.6 Å². The highest BCUT2D eigenvalue weighted by atomic mass is 16.7. The second-order valence-corrected chi connectivity index (χ2v) is 7.48. The van der Waals surface area contributed by atoms with Gasteiger partial charge in [-0.2, -0.15) is 0 Å². The van der Waals surface area contributed by atoms with Gasteiger partial charge in [0.1, 0.15) is 0 Å². The molecule has 0 radical (unpaired) electrons. The largest absolute Gasteiger partial charge is 0.493 e. The average Bonchev–Trinajstić information content (AvgIpc) is 3.25. The Morgan fingerprint density at radius 3 is 2.59 bits per heavy atom. The lowest BCUT2D eigenvalue weighted by molar-refractivity contribution is -0.159. The molecule has 1 aromatic carbocycles. The molecule has 1 aromatic rings. The molecule has 7 heteroatoms. The number of hydrogen-bond donors (Lipinski definition) is 0. The van der Waals surface area contributed by atoms with Gasteiger partial charge in [0.05, 0.1) is 7.11 Å². The number of fused-ring (bicyclic) bond motifs is 3. The second-order valence-electron chi connectivity index (χ2n) is 7.48. The standard InChI is InChI=1S/C22H24O7/c1-6-7-13-10-21(26-4)12(2)17(22(27-5,19(13)23)20(21)24)14-8-15(25-3)18-16(9-14)28-11-29-18/h6,8-10,12,17H,1,7,11H2,2-5H3. The van der Waals surface area contributed by atoms with Crippen molar-refractivity contribution in [2.45, 2.75) is 30.5 Å². The molecule has 4 unspecified atom stereocenters. The number of carbonyl (C=O) groups is 2. The molecule has 0 aromatic heterocycles. The van der Waals surface area contributed by atoms with Gasteiger partial charge in [0.25, 0.3) is 0 Å². The molecule has 2 bridgehead atoms. The number of ether oxygens (including phenoxy) is 5. The highest BCUT2D eigenvalue weighted by molar-refractivity contribution is 6.26. The first-order valence-electron chi connectivity index (χ1n) is 9.41. The van der Waals surface area contributed by atoms with Gasteiger partial charge in [-0.3, -0.25) is 9.59 Å². The molecule has 0 spiro atoms. The van der Waals surface area contributed by atoms with Gasteiger partial charge in [-0.15, -0.1) is 6.58 Å². The van der Waals surface area contributed by atoms with Crippen molar-refractivity contribution in [2.24, 2.45) is 5.92 Å². The summed E-state index contributed by atoms with van der Waals surface area (Å²) in [4.78, 5) is 27.1. The lowest BCUT2D eigenvalue weighted by atomic mass is 9.75. The Morgan fingerprint density at radius 2 is 1.97 bits per heavy atom. The second kappa shape index (κ2) is 6.71. The zero-order valence-electron chi connectivity index (χ0n) is 16.9. The van der Waals surface area contributed by atoms with Gasteiger partial charge >= 0.3 is 0 Å². The first-order chi connectivity index (χ1) is 13.9. The topological polar surface area (TPSA) is 80.3 Å². The molecule has 7 nitrogen and oxygen atoms in total. The summed E-state index contributed by atoms with van der Waals surface area (Å²) in [5.74, 6) is -0.248. The van der Waals surface area contributed by atoms with Crippen LogP contribution in [-0.2, 0) is 19.1 Å². The number of benzene rings is 1. The van der Waals surface area contributed by atoms with Crippen LogP contribution in [-0.4, -0.2) is 50.9 Å². The summed E-state index contributed by atoms with van der Waals surface area (Å²) in [6.07, 6.45) is 3.60. The van der Waals surface area contributed by atoms with Crippen LogP contribution in [0.5, 0.6) is 17.2 Å². The van der Waals surface area contributed by atoms with Crippen LogP contribution in [0.1, 0.15) is 24.8 Å². The van der Waals surface area contributed by atoms with E-state index in [4.69, 9.17) is 23.7 Å². The predicted octanol–water partition coefficient (Wildman–Crippen LogP) is 2.58. The number of rotatable bonds is 6. The lowest BCUT2D eigenvalue weighted by Gasteiger charge is -2.35. The molecule has 0 saturated heterocycles. The van der Waals surface area contributed by atoms with Crippen LogP contribution in [0.3, 0.4) is 0 Å². The summed E-state index contributed by atoms with van der Waals surface area (Å²) >= 11 is 0. The van der Waals surface area contributed by atoms with Crippen LogP contribution in [0.2, 0.25) is 0 Å². The third-order valence-electron chi connectivity index (χ3n) is 6.39. The maximum absolute atomic E-state index is 13.6. The van der Waals surface area contributed by atoms with Gasteiger partial charge in [0, 0.05) is 31.6 Å². The Hall–Kier alpha value is -2.64. The Kier molecular flexibility index (Phi) is 4.55. The molecule has 154 valence electrons. The van der Waals surface area contributed by atoms with Gasteiger partial charge < -0.3 is 23.7 Å². The Bertz CT molecular complexity index is 933. The molecule has 1 saturated carbocycles. The van der Waals surface area contributed by atoms with Crippen molar-refractivity contribution in [1.82, 2.24) is 0 Å². The summed E-state index contributed by atoms with van der Waals surface area (Å²) in [5, 5.41) is 0. The Balaban J connectivity index is 1.96. The number of allylic oxidation sites excluding steroid dienone is 1. The van der Waals surface area contributed by atoms with E-state index in [0.717, 1.165) is 0 Å². The van der Waals surface area contributed by atoms with Crippen LogP contribution >= 0.6 is 0 Å². The van der Waals surface area contributed by atoms with Gasteiger partial charge in [-0.1, -0.05) is 13.0 Å². The number of hydrogen-bond acceptors (Lipinski definition) is 7. The predicted molar refractivity (Wildman–Crippen MR) is 103 cm³/mol. The van der Waals surface area contributed by atoms with E-state index in [1.54, 1.807) is 24.3 Å². The molecule has 2 aliphatic carbocycles. The fourth-order valence-electron chi connectivity index (χ4n) is 5.05. The van der Waals surface area contributed by atoms with Crippen molar-refractivity contribution in [3.05, 3.63) is 42.0 Å². The van der Waals surface area contributed by atoms with E-state index in [2.05, 4.69) is 6.58 Å². The smallest absolute Gasteiger partial charge is 0.231 e. The van der Waals surface area contributed by atoms with Crippen LogP contribution in [0.15, 0.2) is 36.4 Å². The summed E-state index contributed by atoms with van der Waals surface area (Å²) in [6, 6.07) is 3.55. The normalized spacial score (nSPS) is 32.3. The van der Waals surface area contributed by atoms with E-state index in [1.807, 2.05) is 6.92 Å². The molecule has 1 heterocycles. The van der Waals surface area contributed by atoms with E-state index in [1.165, 1.54) is 21.3 Å². The number of ketones is 2. The number of carbonyl (C=O) groups excluding carboxylic acids is 2. The third-order valence-corrected chi connectivity index (χ3v) is 6.39. The minimum absolute atomic E-state index is 0.0791. The molecule has 29 heavy (non-hydrogen) atoms. The maximum Gasteiger partial charge on any atom is 0.231 e. The van der Waals surface area contributed by atoms with E-state index in [0.29, 0.717) is 34.8 Å². The molecule has 4 atom stereocenters. The molecular formula is C22H24O7. The quantitative estimate of drug-likeness (QED) is 0.536. The molecule has 3 aliphatic rings. The minimum Gasteiger partial charge on any atom is -0.493 e. The van der Waals surface area contributed by atoms with E-state index < -0.39 is 17.1 Å². The molecule has 4 rings (SSSR count). The van der Waals surface area contributed by atoms with E-state index in [-0.39, 0.29) is 24.3 Å². The van der Waals surface area contributed by atoms with Crippen LogP contribution < -0.4 is 14.2 Å². The van der Waals surface area contributed by atoms with Gasteiger partial charge in [-0.05, 0) is 30.2 Å². The zero-order valence-corrected chi connectivity index (χ0v) is 16.9. The van der Waals surface area contributed by atoms with Crippen molar-refractivity contribution in [3.63, 3.8) is 0 Å². The van der Waals surface area contributed by atoms with Gasteiger partial charge in [0.2, 0.25) is 18.3 Å². The molecule has 1 fully saturated rings. The van der Waals surface area contributed by atoms with E-state index >= 15 is 0 Å². The SMILES string of the molecule is C=CCC1=CC2(OC)C(=O)C(OC)(C1=O)C(c1cc(OC)c3c(c1)OCO3)C2C. The lowest BCUT2D eigenvalue weighted by Crippen LogP contribution is -2.57. The summed E-state index contributed by atoms with van der Waals surface area (Å²) in [5.41, 5.74) is -1.81.